The molecule has 2 aromatic rings. The van der Waals surface area contributed by atoms with Crippen LogP contribution in [0.15, 0.2) is 69.5 Å². The molecular formula is C32H35BrN2O5. The van der Waals surface area contributed by atoms with Crippen molar-refractivity contribution in [3.63, 3.8) is 0 Å². The minimum atomic E-state index is -0.429. The summed E-state index contributed by atoms with van der Waals surface area (Å²) in [5.41, 5.74) is 4.46. The first-order valence-corrected chi connectivity index (χ1v) is 14.3. The molecule has 1 aliphatic heterocycles. The summed E-state index contributed by atoms with van der Waals surface area (Å²) in [5.74, 6) is 0.643. The number of benzene rings is 2. The van der Waals surface area contributed by atoms with Gasteiger partial charge in [-0.1, -0.05) is 33.8 Å². The lowest BCUT2D eigenvalue weighted by Crippen LogP contribution is -2.42. The second kappa shape index (κ2) is 10.5. The van der Waals surface area contributed by atoms with Gasteiger partial charge >= 0.3 is 0 Å². The summed E-state index contributed by atoms with van der Waals surface area (Å²) in [6.45, 7) is 8.26. The molecule has 1 amide bonds. The van der Waals surface area contributed by atoms with Crippen molar-refractivity contribution < 1.29 is 23.9 Å². The highest BCUT2D eigenvalue weighted by molar-refractivity contribution is 9.10. The van der Waals surface area contributed by atoms with Crippen molar-refractivity contribution in [2.45, 2.75) is 59.3 Å². The first-order valence-electron chi connectivity index (χ1n) is 13.5. The van der Waals surface area contributed by atoms with Crippen molar-refractivity contribution >= 4 is 39.1 Å². The molecular weight excluding hydrogens is 572 g/mol. The van der Waals surface area contributed by atoms with Crippen LogP contribution in [0.4, 0.5) is 5.69 Å². The summed E-state index contributed by atoms with van der Waals surface area (Å²) >= 11 is 3.60. The molecule has 3 aliphatic rings. The molecule has 1 heterocycles. The number of hydrogen-bond donors (Lipinski definition) is 2. The van der Waals surface area contributed by atoms with E-state index in [2.05, 4.69) is 54.3 Å². The molecule has 0 atom stereocenters. The zero-order valence-corrected chi connectivity index (χ0v) is 25.2. The Morgan fingerprint density at radius 1 is 0.925 bits per heavy atom. The lowest BCUT2D eigenvalue weighted by molar-refractivity contribution is -0.119. The van der Waals surface area contributed by atoms with Crippen LogP contribution in [-0.4, -0.2) is 31.2 Å². The standard InChI is InChI=1S/C32H35BrN2O5/c1-31(2)13-22-29(24(36)15-31)28(30-23(35-22)14-32(3,4)16-25(30)37)18-6-11-26(21(33)12-18)40-17-27(38)34-19-7-9-20(39-5)10-8-19/h6-12,28,35H,13-17H2,1-5H3,(H,34,38). The third-order valence-corrected chi connectivity index (χ3v) is 8.36. The van der Waals surface area contributed by atoms with Gasteiger partial charge in [0, 0.05) is 47.0 Å². The lowest BCUT2D eigenvalue weighted by atomic mass is 9.64. The van der Waals surface area contributed by atoms with Crippen molar-refractivity contribution in [2.24, 2.45) is 10.8 Å². The van der Waals surface area contributed by atoms with E-state index in [1.165, 1.54) is 0 Å². The molecule has 0 fully saturated rings. The van der Waals surface area contributed by atoms with Crippen LogP contribution >= 0.6 is 15.9 Å². The van der Waals surface area contributed by atoms with Crippen molar-refractivity contribution in [1.29, 1.82) is 0 Å². The molecule has 7 nitrogen and oxygen atoms in total. The van der Waals surface area contributed by atoms with E-state index in [1.54, 1.807) is 37.4 Å². The Labute approximate surface area is 243 Å². The topological polar surface area (TPSA) is 93.7 Å². The van der Waals surface area contributed by atoms with Gasteiger partial charge in [-0.2, -0.15) is 0 Å². The zero-order valence-electron chi connectivity index (χ0n) is 23.6. The van der Waals surface area contributed by atoms with Crippen LogP contribution in [0.25, 0.3) is 0 Å². The molecule has 8 heteroatoms. The number of carbonyl (C=O) groups excluding carboxylic acids is 3. The number of dihydropyridines is 1. The third-order valence-electron chi connectivity index (χ3n) is 7.74. The summed E-state index contributed by atoms with van der Waals surface area (Å²) in [6.07, 6.45) is 2.39. The number of amides is 1. The van der Waals surface area contributed by atoms with E-state index in [9.17, 15) is 14.4 Å². The SMILES string of the molecule is COc1ccc(NC(=O)COc2ccc(C3C4=C(CC(C)(C)CC4=O)NC4=C3C(=O)CC(C)(C)C4)cc2Br)cc1. The zero-order chi connectivity index (χ0) is 28.8. The minimum absolute atomic E-state index is 0.0829. The molecule has 2 aliphatic carbocycles. The van der Waals surface area contributed by atoms with Crippen molar-refractivity contribution in [2.75, 3.05) is 19.0 Å². The van der Waals surface area contributed by atoms with E-state index in [0.29, 0.717) is 45.6 Å². The number of nitrogens with one attached hydrogen (secondary N) is 2. The van der Waals surface area contributed by atoms with Crippen LogP contribution in [0.2, 0.25) is 0 Å². The smallest absolute Gasteiger partial charge is 0.262 e. The monoisotopic (exact) mass is 606 g/mol. The maximum absolute atomic E-state index is 13.5. The molecule has 0 saturated carbocycles. The van der Waals surface area contributed by atoms with Crippen LogP contribution in [0.3, 0.4) is 0 Å². The van der Waals surface area contributed by atoms with E-state index >= 15 is 0 Å². The molecule has 0 spiro atoms. The second-order valence-corrected chi connectivity index (χ2v) is 13.3. The number of ether oxygens (including phenoxy) is 2. The molecule has 2 N–H and O–H groups in total. The number of allylic oxidation sites excluding steroid dienone is 4. The van der Waals surface area contributed by atoms with Crippen LogP contribution < -0.4 is 20.1 Å². The maximum atomic E-state index is 13.5. The summed E-state index contributed by atoms with van der Waals surface area (Å²) in [7, 11) is 1.59. The summed E-state index contributed by atoms with van der Waals surface area (Å²) in [4.78, 5) is 39.5. The Kier molecular flexibility index (Phi) is 7.42. The van der Waals surface area contributed by atoms with Crippen LogP contribution in [0.1, 0.15) is 64.9 Å². The highest BCUT2D eigenvalue weighted by Gasteiger charge is 2.46. The number of ketones is 2. The Hall–Kier alpha value is -3.39. The number of halogens is 1. The van der Waals surface area contributed by atoms with E-state index in [0.717, 1.165) is 29.8 Å². The molecule has 2 aromatic carbocycles. The average molecular weight is 608 g/mol. The first-order chi connectivity index (χ1) is 18.9. The highest BCUT2D eigenvalue weighted by atomic mass is 79.9. The lowest BCUT2D eigenvalue weighted by Gasteiger charge is -2.44. The average Bonchev–Trinajstić information content (AvgIpc) is 2.85. The summed E-state index contributed by atoms with van der Waals surface area (Å²) in [5, 5.41) is 6.35. The largest absolute Gasteiger partial charge is 0.497 e. The number of hydrogen-bond acceptors (Lipinski definition) is 6. The highest BCUT2D eigenvalue weighted by Crippen LogP contribution is 2.51. The van der Waals surface area contributed by atoms with E-state index in [1.807, 2.05) is 12.1 Å². The van der Waals surface area contributed by atoms with Gasteiger partial charge in [0.05, 0.1) is 11.6 Å². The molecule has 40 heavy (non-hydrogen) atoms. The van der Waals surface area contributed by atoms with Gasteiger partial charge < -0.3 is 20.1 Å². The van der Waals surface area contributed by atoms with Crippen molar-refractivity contribution in [3.8, 4) is 11.5 Å². The molecule has 0 radical (unpaired) electrons. The fraction of sp³-hybridized carbons (Fsp3) is 0.406. The Morgan fingerprint density at radius 2 is 1.50 bits per heavy atom. The summed E-state index contributed by atoms with van der Waals surface area (Å²) in [6, 6.07) is 12.6. The predicted molar refractivity (Wildman–Crippen MR) is 157 cm³/mol. The van der Waals surface area contributed by atoms with Gasteiger partial charge in [0.25, 0.3) is 5.91 Å². The third kappa shape index (κ3) is 5.73. The molecule has 0 unspecified atom stereocenters. The Balaban J connectivity index is 1.41. The predicted octanol–water partition coefficient (Wildman–Crippen LogP) is 6.45. The fourth-order valence-corrected chi connectivity index (χ4v) is 6.56. The van der Waals surface area contributed by atoms with Gasteiger partial charge in [-0.05, 0) is 81.6 Å². The normalized spacial score (nSPS) is 19.9. The van der Waals surface area contributed by atoms with Gasteiger partial charge in [-0.25, -0.2) is 0 Å². The van der Waals surface area contributed by atoms with Crippen molar-refractivity contribution in [1.82, 2.24) is 5.32 Å². The molecule has 0 saturated heterocycles. The first kappa shape index (κ1) is 28.1. The minimum Gasteiger partial charge on any atom is -0.497 e. The number of carbonyl (C=O) groups is 3. The van der Waals surface area contributed by atoms with Gasteiger partial charge in [0.2, 0.25) is 0 Å². The second-order valence-electron chi connectivity index (χ2n) is 12.5. The van der Waals surface area contributed by atoms with Crippen molar-refractivity contribution in [3.05, 3.63) is 75.0 Å². The molecule has 5 rings (SSSR count). The number of methoxy groups -OCH3 is 1. The quantitative estimate of drug-likeness (QED) is 0.392. The van der Waals surface area contributed by atoms with E-state index in [-0.39, 0.29) is 34.9 Å². The van der Waals surface area contributed by atoms with Gasteiger partial charge in [-0.3, -0.25) is 14.4 Å². The fourth-order valence-electron chi connectivity index (χ4n) is 6.05. The summed E-state index contributed by atoms with van der Waals surface area (Å²) < 4.78 is 11.6. The van der Waals surface area contributed by atoms with Gasteiger partial charge in [0.15, 0.2) is 18.2 Å². The van der Waals surface area contributed by atoms with Crippen LogP contribution in [0, 0.1) is 10.8 Å². The molecule has 0 aromatic heterocycles. The number of anilines is 1. The number of rotatable bonds is 6. The molecule has 0 bridgehead atoms. The Bertz CT molecular complexity index is 1400. The van der Waals surface area contributed by atoms with Crippen LogP contribution in [-0.2, 0) is 14.4 Å². The van der Waals surface area contributed by atoms with E-state index in [4.69, 9.17) is 9.47 Å². The van der Waals surface area contributed by atoms with E-state index < -0.39 is 5.92 Å². The van der Waals surface area contributed by atoms with Crippen LogP contribution in [0.5, 0.6) is 11.5 Å². The Morgan fingerprint density at radius 3 is 2.02 bits per heavy atom. The van der Waals surface area contributed by atoms with Gasteiger partial charge in [-0.15, -0.1) is 0 Å². The number of Topliss-reactive ketones (excluding diaryl/α,β-unsaturated/α-hetero) is 2. The molecule has 210 valence electrons. The van der Waals surface area contributed by atoms with Gasteiger partial charge in [0.1, 0.15) is 11.5 Å². The maximum Gasteiger partial charge on any atom is 0.262 e.